The molecule has 22 heavy (non-hydrogen) atoms. The van der Waals surface area contributed by atoms with Crippen molar-refractivity contribution >= 4 is 0 Å². The van der Waals surface area contributed by atoms with Crippen LogP contribution in [-0.4, -0.2) is 36.2 Å². The van der Waals surface area contributed by atoms with Gasteiger partial charge in [0.15, 0.2) is 0 Å². The van der Waals surface area contributed by atoms with Gasteiger partial charge in [-0.05, 0) is 30.9 Å². The molecule has 2 unspecified atom stereocenters. The number of nitrogens with zero attached hydrogens (tertiary/aromatic N) is 2. The van der Waals surface area contributed by atoms with Gasteiger partial charge in [0.2, 0.25) is 0 Å². The van der Waals surface area contributed by atoms with Crippen molar-refractivity contribution in [1.29, 1.82) is 0 Å². The van der Waals surface area contributed by atoms with E-state index < -0.39 is 0 Å². The third-order valence-electron chi connectivity index (χ3n) is 4.00. The highest BCUT2D eigenvalue weighted by Crippen LogP contribution is 2.22. The second-order valence-electron chi connectivity index (χ2n) is 5.15. The van der Waals surface area contributed by atoms with Gasteiger partial charge in [-0.2, -0.15) is 0 Å². The lowest BCUT2D eigenvalue weighted by atomic mass is 10.0. The first-order valence-electron chi connectivity index (χ1n) is 9.00. The quantitative estimate of drug-likeness (QED) is 0.779. The third-order valence-corrected chi connectivity index (χ3v) is 4.00. The first-order valence-corrected chi connectivity index (χ1v) is 9.00. The van der Waals surface area contributed by atoms with Crippen molar-refractivity contribution in [2.24, 2.45) is 0 Å². The molecule has 1 fully saturated rings. The number of rotatable bonds is 4. The van der Waals surface area contributed by atoms with Crippen LogP contribution in [0, 0.1) is 0 Å². The number of pyridine rings is 1. The fraction of sp³-hybridized carbons (Fsp3) is 0.737. The zero-order valence-corrected chi connectivity index (χ0v) is 15.7. The van der Waals surface area contributed by atoms with Crippen molar-refractivity contribution < 1.29 is 4.74 Å². The highest BCUT2D eigenvalue weighted by atomic mass is 16.5. The van der Waals surface area contributed by atoms with Gasteiger partial charge in [-0.25, -0.2) is 0 Å². The molecule has 0 bridgehead atoms. The van der Waals surface area contributed by atoms with Gasteiger partial charge in [0.25, 0.3) is 0 Å². The standard InChI is InChI=1S/C15H24N2O.2C2H6/c1-4-12(2)15-6-5-14(11-16-15)13(3)17-7-9-18-10-8-17;2*1-2/h5-6,11-13H,4,7-10H2,1-3H3;2*1-2H3. The molecule has 3 heteroatoms. The first kappa shape index (κ1) is 21.1. The predicted octanol–water partition coefficient (Wildman–Crippen LogP) is 5.04. The predicted molar refractivity (Wildman–Crippen MR) is 96.4 cm³/mol. The van der Waals surface area contributed by atoms with E-state index in [-0.39, 0.29) is 0 Å². The SMILES string of the molecule is CC.CC.CCC(C)c1ccc(C(C)N2CCOCC2)cn1. The highest BCUT2D eigenvalue weighted by molar-refractivity contribution is 5.19. The summed E-state index contributed by atoms with van der Waals surface area (Å²) in [5.74, 6) is 0.553. The maximum atomic E-state index is 5.39. The molecule has 2 heterocycles. The van der Waals surface area contributed by atoms with Gasteiger partial charge < -0.3 is 4.74 Å². The Bertz CT molecular complexity index is 358. The van der Waals surface area contributed by atoms with E-state index in [2.05, 4.69) is 42.8 Å². The van der Waals surface area contributed by atoms with Gasteiger partial charge in [-0.15, -0.1) is 0 Å². The molecule has 0 N–H and O–H groups in total. The van der Waals surface area contributed by atoms with Crippen LogP contribution >= 0.6 is 0 Å². The smallest absolute Gasteiger partial charge is 0.0594 e. The van der Waals surface area contributed by atoms with Crippen molar-refractivity contribution in [3.05, 3.63) is 29.6 Å². The van der Waals surface area contributed by atoms with Crippen LogP contribution in [0.2, 0.25) is 0 Å². The summed E-state index contributed by atoms with van der Waals surface area (Å²) in [6.45, 7) is 18.4. The van der Waals surface area contributed by atoms with Crippen molar-refractivity contribution in [3.8, 4) is 0 Å². The van der Waals surface area contributed by atoms with Gasteiger partial charge in [0.1, 0.15) is 0 Å². The maximum absolute atomic E-state index is 5.39. The van der Waals surface area contributed by atoms with E-state index in [1.807, 2.05) is 33.9 Å². The molecule has 0 aliphatic carbocycles. The second-order valence-corrected chi connectivity index (χ2v) is 5.15. The van der Waals surface area contributed by atoms with Crippen LogP contribution in [0.1, 0.15) is 78.1 Å². The lowest BCUT2D eigenvalue weighted by molar-refractivity contribution is 0.0198. The maximum Gasteiger partial charge on any atom is 0.0594 e. The molecule has 2 atom stereocenters. The molecule has 0 spiro atoms. The molecule has 0 radical (unpaired) electrons. The van der Waals surface area contributed by atoms with Gasteiger partial charge in [0.05, 0.1) is 13.2 Å². The third kappa shape index (κ3) is 6.45. The molecule has 1 aliphatic rings. The largest absolute Gasteiger partial charge is 0.379 e. The van der Waals surface area contributed by atoms with Crippen molar-refractivity contribution in [2.45, 2.75) is 66.8 Å². The van der Waals surface area contributed by atoms with E-state index in [1.54, 1.807) is 0 Å². The summed E-state index contributed by atoms with van der Waals surface area (Å²) in [5.41, 5.74) is 2.51. The normalized spacial score (nSPS) is 17.4. The summed E-state index contributed by atoms with van der Waals surface area (Å²) in [4.78, 5) is 7.07. The Morgan fingerprint density at radius 1 is 1.09 bits per heavy atom. The van der Waals surface area contributed by atoms with Gasteiger partial charge in [-0.1, -0.05) is 47.6 Å². The molecular weight excluding hydrogens is 272 g/mol. The zero-order chi connectivity index (χ0) is 17.0. The van der Waals surface area contributed by atoms with E-state index in [0.717, 1.165) is 32.7 Å². The molecule has 0 saturated carbocycles. The van der Waals surface area contributed by atoms with E-state index in [9.17, 15) is 0 Å². The molecule has 128 valence electrons. The van der Waals surface area contributed by atoms with E-state index >= 15 is 0 Å². The first-order chi connectivity index (χ1) is 10.7. The summed E-state index contributed by atoms with van der Waals surface area (Å²) in [5, 5.41) is 0. The van der Waals surface area contributed by atoms with Crippen LogP contribution in [0.5, 0.6) is 0 Å². The molecule has 0 aromatic carbocycles. The Labute approximate surface area is 138 Å². The second kappa shape index (κ2) is 12.6. The summed E-state index contributed by atoms with van der Waals surface area (Å²) in [7, 11) is 0. The molecule has 1 saturated heterocycles. The van der Waals surface area contributed by atoms with Crippen molar-refractivity contribution in [1.82, 2.24) is 9.88 Å². The van der Waals surface area contributed by atoms with Gasteiger partial charge >= 0.3 is 0 Å². The van der Waals surface area contributed by atoms with Crippen LogP contribution in [0.3, 0.4) is 0 Å². The van der Waals surface area contributed by atoms with E-state index in [4.69, 9.17) is 4.74 Å². The molecule has 1 aromatic rings. The number of aromatic nitrogens is 1. The highest BCUT2D eigenvalue weighted by Gasteiger charge is 2.18. The van der Waals surface area contributed by atoms with Crippen LogP contribution in [-0.2, 0) is 4.74 Å². The molecule has 0 amide bonds. The lowest BCUT2D eigenvalue weighted by Gasteiger charge is -2.32. The van der Waals surface area contributed by atoms with Gasteiger partial charge in [0, 0.05) is 31.0 Å². The minimum Gasteiger partial charge on any atom is -0.379 e. The minimum atomic E-state index is 0.437. The molecule has 1 aliphatic heterocycles. The van der Waals surface area contributed by atoms with E-state index in [0.29, 0.717) is 12.0 Å². The zero-order valence-electron chi connectivity index (χ0n) is 15.7. The molecule has 3 nitrogen and oxygen atoms in total. The number of hydrogen-bond donors (Lipinski definition) is 0. The Balaban J connectivity index is 0.00000102. The minimum absolute atomic E-state index is 0.437. The number of ether oxygens (including phenoxy) is 1. The number of morpholine rings is 1. The van der Waals surface area contributed by atoms with Crippen molar-refractivity contribution in [2.75, 3.05) is 26.3 Å². The van der Waals surface area contributed by atoms with E-state index in [1.165, 1.54) is 11.3 Å². The summed E-state index contributed by atoms with van der Waals surface area (Å²) < 4.78 is 5.39. The average molecular weight is 309 g/mol. The summed E-state index contributed by atoms with van der Waals surface area (Å²) in [6, 6.07) is 4.85. The fourth-order valence-electron chi connectivity index (χ4n) is 2.34. The van der Waals surface area contributed by atoms with Crippen LogP contribution < -0.4 is 0 Å². The summed E-state index contributed by atoms with van der Waals surface area (Å²) in [6.07, 6.45) is 3.19. The van der Waals surface area contributed by atoms with Crippen LogP contribution in [0.25, 0.3) is 0 Å². The Kier molecular flexibility index (Phi) is 12.1. The monoisotopic (exact) mass is 308 g/mol. The molecular formula is C19H36N2O. The Morgan fingerprint density at radius 3 is 2.14 bits per heavy atom. The molecule has 2 rings (SSSR count). The fourth-order valence-corrected chi connectivity index (χ4v) is 2.34. The van der Waals surface area contributed by atoms with Gasteiger partial charge in [-0.3, -0.25) is 9.88 Å². The average Bonchev–Trinajstić information content (AvgIpc) is 2.64. The van der Waals surface area contributed by atoms with Crippen LogP contribution in [0.15, 0.2) is 18.3 Å². The van der Waals surface area contributed by atoms with Crippen LogP contribution in [0.4, 0.5) is 0 Å². The summed E-state index contributed by atoms with van der Waals surface area (Å²) >= 11 is 0. The number of hydrogen-bond acceptors (Lipinski definition) is 3. The lowest BCUT2D eigenvalue weighted by Crippen LogP contribution is -2.38. The Morgan fingerprint density at radius 2 is 1.68 bits per heavy atom. The van der Waals surface area contributed by atoms with Crippen molar-refractivity contribution in [3.63, 3.8) is 0 Å². The molecule has 1 aromatic heterocycles. The topological polar surface area (TPSA) is 25.4 Å². The Hall–Kier alpha value is -0.930.